The van der Waals surface area contributed by atoms with Gasteiger partial charge < -0.3 is 4.98 Å². The van der Waals surface area contributed by atoms with Crippen LogP contribution in [0.1, 0.15) is 23.7 Å². The molecule has 15 heavy (non-hydrogen) atoms. The molecule has 1 aromatic heterocycles. The summed E-state index contributed by atoms with van der Waals surface area (Å²) in [5.74, 6) is 0.893. The molecule has 0 atom stereocenters. The third kappa shape index (κ3) is 2.23. The lowest BCUT2D eigenvalue weighted by atomic mass is 10.2. The largest absolute Gasteiger partial charge is 0.361 e. The number of hydrogen-bond donors (Lipinski definition) is 1. The molecular weight excluding hydrogens is 206 g/mol. The Labute approximate surface area is 93.1 Å². The molecule has 0 radical (unpaired) electrons. The number of H-pyrrole nitrogens is 1. The molecule has 0 bridgehead atoms. The van der Waals surface area contributed by atoms with Crippen molar-refractivity contribution in [3.8, 4) is 0 Å². The third-order valence-electron chi connectivity index (χ3n) is 2.23. The minimum absolute atomic E-state index is 0.167. The number of rotatable bonds is 3. The van der Waals surface area contributed by atoms with Gasteiger partial charge in [-0.25, -0.2) is 0 Å². The van der Waals surface area contributed by atoms with Gasteiger partial charge >= 0.3 is 0 Å². The van der Waals surface area contributed by atoms with Crippen molar-refractivity contribution in [2.45, 2.75) is 13.3 Å². The lowest BCUT2D eigenvalue weighted by molar-refractivity contribution is 0.108. The van der Waals surface area contributed by atoms with Crippen molar-refractivity contribution in [1.82, 2.24) is 4.98 Å². The van der Waals surface area contributed by atoms with Gasteiger partial charge in [0.25, 0.3) is 0 Å². The highest BCUT2D eigenvalue weighted by molar-refractivity contribution is 8.14. The predicted molar refractivity (Wildman–Crippen MR) is 65.4 cm³/mol. The summed E-state index contributed by atoms with van der Waals surface area (Å²) >= 11 is 1.39. The number of carbonyl (C=O) groups is 1. The van der Waals surface area contributed by atoms with E-state index in [0.29, 0.717) is 0 Å². The summed E-state index contributed by atoms with van der Waals surface area (Å²) in [6, 6.07) is 7.76. The highest BCUT2D eigenvalue weighted by Crippen LogP contribution is 2.18. The molecule has 1 N–H and O–H groups in total. The fourth-order valence-corrected chi connectivity index (χ4v) is 2.14. The average molecular weight is 219 g/mol. The van der Waals surface area contributed by atoms with Crippen molar-refractivity contribution >= 4 is 27.8 Å². The summed E-state index contributed by atoms with van der Waals surface area (Å²) < 4.78 is 0. The molecule has 78 valence electrons. The fraction of sp³-hybridized carbons (Fsp3) is 0.250. The van der Waals surface area contributed by atoms with Gasteiger partial charge in [0.1, 0.15) is 0 Å². The van der Waals surface area contributed by atoms with Gasteiger partial charge in [-0.05, 0) is 30.7 Å². The molecule has 0 saturated heterocycles. The highest BCUT2D eigenvalue weighted by Gasteiger charge is 2.06. The first-order valence-corrected chi connectivity index (χ1v) is 6.04. The summed E-state index contributed by atoms with van der Waals surface area (Å²) in [6.45, 7) is 2.08. The van der Waals surface area contributed by atoms with Crippen molar-refractivity contribution in [1.29, 1.82) is 0 Å². The van der Waals surface area contributed by atoms with Gasteiger partial charge in [-0.1, -0.05) is 18.7 Å². The normalized spacial score (nSPS) is 10.7. The van der Waals surface area contributed by atoms with Crippen LogP contribution in [0, 0.1) is 0 Å². The fourth-order valence-electron chi connectivity index (χ4n) is 1.46. The first-order valence-electron chi connectivity index (χ1n) is 5.05. The Balaban J connectivity index is 2.23. The van der Waals surface area contributed by atoms with Crippen LogP contribution in [0.25, 0.3) is 10.9 Å². The van der Waals surface area contributed by atoms with E-state index in [1.807, 2.05) is 30.5 Å². The summed E-state index contributed by atoms with van der Waals surface area (Å²) in [5.41, 5.74) is 1.87. The Morgan fingerprint density at radius 2 is 2.27 bits per heavy atom. The second-order valence-corrected chi connectivity index (χ2v) is 4.48. The minimum Gasteiger partial charge on any atom is -0.361 e. The van der Waals surface area contributed by atoms with Gasteiger partial charge in [0.05, 0.1) is 0 Å². The molecule has 1 aromatic carbocycles. The molecule has 0 aliphatic rings. The first-order chi connectivity index (χ1) is 7.31. The SMILES string of the molecule is CCCSC(=O)c1ccc2[nH]ccc2c1. The van der Waals surface area contributed by atoms with E-state index in [9.17, 15) is 4.79 Å². The van der Waals surface area contributed by atoms with Gasteiger partial charge in [-0.2, -0.15) is 0 Å². The molecule has 1 heterocycles. The Bertz CT molecular complexity index is 475. The number of fused-ring (bicyclic) bond motifs is 1. The summed E-state index contributed by atoms with van der Waals surface area (Å²) in [5, 5.41) is 1.26. The zero-order chi connectivity index (χ0) is 10.7. The molecule has 2 aromatic rings. The molecule has 0 aliphatic heterocycles. The maximum absolute atomic E-state index is 11.7. The van der Waals surface area contributed by atoms with Gasteiger partial charge in [-0.15, -0.1) is 0 Å². The van der Waals surface area contributed by atoms with E-state index in [1.54, 1.807) is 0 Å². The van der Waals surface area contributed by atoms with E-state index < -0.39 is 0 Å². The lowest BCUT2D eigenvalue weighted by Crippen LogP contribution is -1.93. The molecule has 0 unspecified atom stereocenters. The molecule has 0 amide bonds. The van der Waals surface area contributed by atoms with Crippen LogP contribution in [0.4, 0.5) is 0 Å². The van der Waals surface area contributed by atoms with Crippen LogP contribution >= 0.6 is 11.8 Å². The van der Waals surface area contributed by atoms with E-state index >= 15 is 0 Å². The number of aromatic nitrogens is 1. The highest BCUT2D eigenvalue weighted by atomic mass is 32.2. The van der Waals surface area contributed by atoms with Crippen LogP contribution in [-0.4, -0.2) is 15.9 Å². The summed E-state index contributed by atoms with van der Waals surface area (Å²) in [4.78, 5) is 14.8. The van der Waals surface area contributed by atoms with E-state index in [4.69, 9.17) is 0 Å². The van der Waals surface area contributed by atoms with Gasteiger partial charge in [-0.3, -0.25) is 4.79 Å². The topological polar surface area (TPSA) is 32.9 Å². The number of aromatic amines is 1. The van der Waals surface area contributed by atoms with Crippen molar-refractivity contribution < 1.29 is 4.79 Å². The number of nitrogens with one attached hydrogen (secondary N) is 1. The molecule has 0 aliphatic carbocycles. The smallest absolute Gasteiger partial charge is 0.219 e. The first kappa shape index (κ1) is 10.3. The zero-order valence-corrected chi connectivity index (χ0v) is 9.43. The van der Waals surface area contributed by atoms with Gasteiger partial charge in [0.2, 0.25) is 5.12 Å². The monoisotopic (exact) mass is 219 g/mol. The van der Waals surface area contributed by atoms with Crippen LogP contribution in [0.5, 0.6) is 0 Å². The van der Waals surface area contributed by atoms with Crippen LogP contribution in [0.15, 0.2) is 30.5 Å². The quantitative estimate of drug-likeness (QED) is 0.857. The van der Waals surface area contributed by atoms with Gasteiger partial charge in [0, 0.05) is 28.4 Å². The van der Waals surface area contributed by atoms with E-state index in [1.165, 1.54) is 11.8 Å². The molecule has 0 spiro atoms. The lowest BCUT2D eigenvalue weighted by Gasteiger charge is -1.99. The molecule has 2 nitrogen and oxygen atoms in total. The Morgan fingerprint density at radius 1 is 1.40 bits per heavy atom. The number of carbonyl (C=O) groups excluding carboxylic acids is 1. The van der Waals surface area contributed by atoms with Crippen molar-refractivity contribution in [3.63, 3.8) is 0 Å². The van der Waals surface area contributed by atoms with E-state index in [-0.39, 0.29) is 5.12 Å². The maximum Gasteiger partial charge on any atom is 0.219 e. The minimum atomic E-state index is 0.167. The molecule has 2 rings (SSSR count). The zero-order valence-electron chi connectivity index (χ0n) is 8.62. The van der Waals surface area contributed by atoms with Crippen molar-refractivity contribution in [2.24, 2.45) is 0 Å². The average Bonchev–Trinajstić information content (AvgIpc) is 2.72. The third-order valence-corrected chi connectivity index (χ3v) is 3.34. The van der Waals surface area contributed by atoms with Crippen LogP contribution in [0.3, 0.4) is 0 Å². The number of thioether (sulfide) groups is 1. The molecular formula is C12H13NOS. The summed E-state index contributed by atoms with van der Waals surface area (Å²) in [7, 11) is 0. The Hall–Kier alpha value is -1.22. The molecule has 0 saturated carbocycles. The van der Waals surface area contributed by atoms with Crippen LogP contribution in [-0.2, 0) is 0 Å². The summed E-state index contributed by atoms with van der Waals surface area (Å²) in [6.07, 6.45) is 2.92. The van der Waals surface area contributed by atoms with Crippen LogP contribution in [0.2, 0.25) is 0 Å². The standard InChI is InChI=1S/C12H13NOS/c1-2-7-15-12(14)10-3-4-11-9(8-10)5-6-13-11/h3-6,8,13H,2,7H2,1H3. The van der Waals surface area contributed by atoms with E-state index in [2.05, 4.69) is 11.9 Å². The van der Waals surface area contributed by atoms with Crippen molar-refractivity contribution in [2.75, 3.05) is 5.75 Å². The molecule has 3 heteroatoms. The molecule has 0 fully saturated rings. The number of hydrogen-bond acceptors (Lipinski definition) is 2. The number of benzene rings is 1. The Kier molecular flexibility index (Phi) is 3.11. The second kappa shape index (κ2) is 4.53. The van der Waals surface area contributed by atoms with Crippen molar-refractivity contribution in [3.05, 3.63) is 36.0 Å². The predicted octanol–water partition coefficient (Wildman–Crippen LogP) is 3.45. The maximum atomic E-state index is 11.7. The Morgan fingerprint density at radius 3 is 3.07 bits per heavy atom. The van der Waals surface area contributed by atoms with Gasteiger partial charge in [0.15, 0.2) is 0 Å². The van der Waals surface area contributed by atoms with Crippen LogP contribution < -0.4 is 0 Å². The second-order valence-electron chi connectivity index (χ2n) is 3.42. The van der Waals surface area contributed by atoms with E-state index in [0.717, 1.165) is 28.6 Å².